The second kappa shape index (κ2) is 12.2. The minimum absolute atomic E-state index is 0.0126. The number of halogens is 1. The highest BCUT2D eigenvalue weighted by atomic mass is 35.5. The van der Waals surface area contributed by atoms with E-state index in [2.05, 4.69) is 5.32 Å². The van der Waals surface area contributed by atoms with Crippen molar-refractivity contribution in [3.8, 4) is 0 Å². The third-order valence-electron chi connectivity index (χ3n) is 5.69. The molecule has 2 amide bonds. The van der Waals surface area contributed by atoms with E-state index in [1.165, 1.54) is 24.0 Å². The van der Waals surface area contributed by atoms with Gasteiger partial charge in [-0.2, -0.15) is 0 Å². The van der Waals surface area contributed by atoms with Gasteiger partial charge >= 0.3 is 0 Å². The van der Waals surface area contributed by atoms with Crippen LogP contribution in [0.5, 0.6) is 0 Å². The first-order chi connectivity index (χ1) is 16.3. The fraction of sp³-hybridized carbons (Fsp3) is 0.400. The number of rotatable bonds is 11. The van der Waals surface area contributed by atoms with Crippen molar-refractivity contribution in [2.45, 2.75) is 52.7 Å². The van der Waals surface area contributed by atoms with Crippen LogP contribution in [0.1, 0.15) is 50.0 Å². The molecule has 35 heavy (non-hydrogen) atoms. The summed E-state index contributed by atoms with van der Waals surface area (Å²) in [6.07, 6.45) is 1.70. The summed E-state index contributed by atoms with van der Waals surface area (Å²) >= 11 is 6.31. The standard InChI is InChI=1S/C25H32ClN3O5S/c1-6-17(2)27-25(32)18(3)28(15-21-10-7-8-13-23(21)26)24(31)16-29(35(5,33)34)22-12-9-11-20(14-22)19(4)30/h7-14,17-18H,6,15-16H2,1-5H3,(H,27,32)/t17-,18+/m1/s1. The predicted molar refractivity (Wildman–Crippen MR) is 138 cm³/mol. The molecule has 2 rings (SSSR count). The monoisotopic (exact) mass is 521 g/mol. The van der Waals surface area contributed by atoms with Crippen molar-refractivity contribution in [1.82, 2.24) is 10.2 Å². The van der Waals surface area contributed by atoms with E-state index in [-0.39, 0.29) is 30.0 Å². The molecular weight excluding hydrogens is 490 g/mol. The van der Waals surface area contributed by atoms with Crippen molar-refractivity contribution >= 4 is 44.9 Å². The van der Waals surface area contributed by atoms with Crippen LogP contribution in [0.2, 0.25) is 5.02 Å². The Morgan fingerprint density at radius 3 is 2.29 bits per heavy atom. The SMILES string of the molecule is CC[C@@H](C)NC(=O)[C@H](C)N(Cc1ccccc1Cl)C(=O)CN(c1cccc(C(C)=O)c1)S(C)(=O)=O. The molecule has 190 valence electrons. The molecule has 8 nitrogen and oxygen atoms in total. The second-order valence-electron chi connectivity index (χ2n) is 8.48. The molecule has 0 fully saturated rings. The van der Waals surface area contributed by atoms with Crippen LogP contribution in [0.25, 0.3) is 0 Å². The molecule has 2 aromatic carbocycles. The Labute approximate surface area is 212 Å². The van der Waals surface area contributed by atoms with E-state index in [0.29, 0.717) is 22.6 Å². The summed E-state index contributed by atoms with van der Waals surface area (Å²) in [5.41, 5.74) is 1.12. The number of sulfonamides is 1. The molecule has 0 aliphatic heterocycles. The van der Waals surface area contributed by atoms with Gasteiger partial charge in [0, 0.05) is 23.2 Å². The zero-order valence-corrected chi connectivity index (χ0v) is 22.2. The van der Waals surface area contributed by atoms with Crippen LogP contribution in [0.4, 0.5) is 5.69 Å². The summed E-state index contributed by atoms with van der Waals surface area (Å²) in [7, 11) is -3.89. The van der Waals surface area contributed by atoms with Crippen LogP contribution in [0, 0.1) is 0 Å². The molecule has 2 atom stereocenters. The fourth-order valence-corrected chi connectivity index (χ4v) is 4.39. The van der Waals surface area contributed by atoms with Crippen LogP contribution < -0.4 is 9.62 Å². The molecule has 1 N–H and O–H groups in total. The smallest absolute Gasteiger partial charge is 0.244 e. The van der Waals surface area contributed by atoms with Gasteiger partial charge in [0.1, 0.15) is 12.6 Å². The van der Waals surface area contributed by atoms with Gasteiger partial charge < -0.3 is 10.2 Å². The van der Waals surface area contributed by atoms with E-state index < -0.39 is 28.5 Å². The van der Waals surface area contributed by atoms with E-state index in [0.717, 1.165) is 10.6 Å². The van der Waals surface area contributed by atoms with E-state index in [4.69, 9.17) is 11.6 Å². The van der Waals surface area contributed by atoms with E-state index >= 15 is 0 Å². The lowest BCUT2D eigenvalue weighted by Gasteiger charge is -2.32. The maximum atomic E-state index is 13.5. The molecule has 10 heteroatoms. The molecule has 0 unspecified atom stereocenters. The predicted octanol–water partition coefficient (Wildman–Crippen LogP) is 3.64. The highest BCUT2D eigenvalue weighted by Crippen LogP contribution is 2.22. The van der Waals surface area contributed by atoms with E-state index in [1.54, 1.807) is 43.3 Å². The first-order valence-corrected chi connectivity index (χ1v) is 13.5. The number of Topliss-reactive ketones (excluding diaryl/α,β-unsaturated/α-hetero) is 1. The Morgan fingerprint density at radius 1 is 1.06 bits per heavy atom. The highest BCUT2D eigenvalue weighted by molar-refractivity contribution is 7.92. The largest absolute Gasteiger partial charge is 0.352 e. The molecule has 0 saturated carbocycles. The third-order valence-corrected chi connectivity index (χ3v) is 7.20. The Morgan fingerprint density at radius 2 is 1.71 bits per heavy atom. The van der Waals surface area contributed by atoms with E-state index in [1.807, 2.05) is 13.8 Å². The zero-order valence-electron chi connectivity index (χ0n) is 20.6. The van der Waals surface area contributed by atoms with Gasteiger partial charge in [0.25, 0.3) is 0 Å². The maximum Gasteiger partial charge on any atom is 0.244 e. The minimum atomic E-state index is -3.89. The molecular formula is C25H32ClN3O5S. The highest BCUT2D eigenvalue weighted by Gasteiger charge is 2.31. The molecule has 0 aliphatic rings. The summed E-state index contributed by atoms with van der Waals surface area (Å²) in [4.78, 5) is 39.6. The Hall–Kier alpha value is -2.91. The molecule has 0 spiro atoms. The molecule has 0 bridgehead atoms. The lowest BCUT2D eigenvalue weighted by atomic mass is 10.1. The number of hydrogen-bond acceptors (Lipinski definition) is 5. The summed E-state index contributed by atoms with van der Waals surface area (Å²) < 4.78 is 26.2. The van der Waals surface area contributed by atoms with Crippen LogP contribution in [-0.2, 0) is 26.2 Å². The van der Waals surface area contributed by atoms with Crippen molar-refractivity contribution < 1.29 is 22.8 Å². The number of hydrogen-bond donors (Lipinski definition) is 1. The van der Waals surface area contributed by atoms with Crippen LogP contribution in [0.3, 0.4) is 0 Å². The Bertz CT molecular complexity index is 1190. The normalized spacial score (nSPS) is 13.0. The summed E-state index contributed by atoms with van der Waals surface area (Å²) in [5, 5.41) is 3.29. The lowest BCUT2D eigenvalue weighted by Crippen LogP contribution is -2.52. The van der Waals surface area contributed by atoms with Gasteiger partial charge in [0.2, 0.25) is 21.8 Å². The minimum Gasteiger partial charge on any atom is -0.352 e. The Balaban J connectivity index is 2.44. The van der Waals surface area contributed by atoms with Crippen molar-refractivity contribution in [3.05, 3.63) is 64.7 Å². The molecule has 0 saturated heterocycles. The number of carbonyl (C=O) groups is 3. The first-order valence-electron chi connectivity index (χ1n) is 11.3. The molecule has 2 aromatic rings. The number of nitrogens with one attached hydrogen (secondary N) is 1. The number of benzene rings is 2. The summed E-state index contributed by atoms with van der Waals surface area (Å²) in [6, 6.07) is 12.0. The average Bonchev–Trinajstić information content (AvgIpc) is 2.80. The van der Waals surface area contributed by atoms with E-state index in [9.17, 15) is 22.8 Å². The molecule has 0 heterocycles. The van der Waals surface area contributed by atoms with Crippen molar-refractivity contribution in [2.24, 2.45) is 0 Å². The van der Waals surface area contributed by atoms with Crippen molar-refractivity contribution in [3.63, 3.8) is 0 Å². The molecule has 0 radical (unpaired) electrons. The quantitative estimate of drug-likeness (QED) is 0.455. The van der Waals surface area contributed by atoms with Crippen LogP contribution in [0.15, 0.2) is 48.5 Å². The number of carbonyl (C=O) groups excluding carboxylic acids is 3. The number of ketones is 1. The maximum absolute atomic E-state index is 13.5. The molecule has 0 aliphatic carbocycles. The van der Waals surface area contributed by atoms with Crippen molar-refractivity contribution in [2.75, 3.05) is 17.1 Å². The van der Waals surface area contributed by atoms with Crippen molar-refractivity contribution in [1.29, 1.82) is 0 Å². The lowest BCUT2D eigenvalue weighted by molar-refractivity contribution is -0.139. The number of anilines is 1. The van der Waals surface area contributed by atoms with Gasteiger partial charge in [-0.3, -0.25) is 18.7 Å². The zero-order chi connectivity index (χ0) is 26.3. The topological polar surface area (TPSA) is 104 Å². The first kappa shape index (κ1) is 28.3. The molecule has 0 aromatic heterocycles. The van der Waals surface area contributed by atoms with Gasteiger partial charge in [0.05, 0.1) is 11.9 Å². The Kier molecular flexibility index (Phi) is 9.85. The van der Waals surface area contributed by atoms with Gasteiger partial charge in [-0.1, -0.05) is 48.9 Å². The van der Waals surface area contributed by atoms with Crippen LogP contribution in [-0.4, -0.2) is 55.8 Å². The van der Waals surface area contributed by atoms with Crippen LogP contribution >= 0.6 is 11.6 Å². The third kappa shape index (κ3) is 7.80. The number of amides is 2. The van der Waals surface area contributed by atoms with Gasteiger partial charge in [-0.15, -0.1) is 0 Å². The summed E-state index contributed by atoms with van der Waals surface area (Å²) in [6.45, 7) is 6.22. The van der Waals surface area contributed by atoms with Gasteiger partial charge in [0.15, 0.2) is 5.78 Å². The van der Waals surface area contributed by atoms with Gasteiger partial charge in [-0.05, 0) is 51.0 Å². The van der Waals surface area contributed by atoms with Gasteiger partial charge in [-0.25, -0.2) is 8.42 Å². The second-order valence-corrected chi connectivity index (χ2v) is 10.8. The summed E-state index contributed by atoms with van der Waals surface area (Å²) in [5.74, 6) is -1.18. The number of nitrogens with zero attached hydrogens (tertiary/aromatic N) is 2. The average molecular weight is 522 g/mol. The fourth-order valence-electron chi connectivity index (χ4n) is 3.35.